The Kier molecular flexibility index (Phi) is 4.87. The molecular weight excluding hydrogens is 405 g/mol. The Bertz CT molecular complexity index is 879. The first kappa shape index (κ1) is 20.5. The van der Waals surface area contributed by atoms with Crippen LogP contribution in [0.15, 0.2) is 24.3 Å². The van der Waals surface area contributed by atoms with Crippen LogP contribution in [0.4, 0.5) is 18.9 Å². The molecule has 1 aromatic rings. The number of amides is 1. The maximum atomic E-state index is 13.0. The summed E-state index contributed by atoms with van der Waals surface area (Å²) in [7, 11) is -3.94. The van der Waals surface area contributed by atoms with Crippen LogP contribution in [-0.4, -0.2) is 32.7 Å². The van der Waals surface area contributed by atoms with E-state index in [9.17, 15) is 26.4 Å². The van der Waals surface area contributed by atoms with E-state index in [2.05, 4.69) is 5.32 Å². The third-order valence-corrected chi connectivity index (χ3v) is 7.73. The molecule has 1 aromatic carbocycles. The van der Waals surface area contributed by atoms with Gasteiger partial charge >= 0.3 is 6.18 Å². The fourth-order valence-electron chi connectivity index (χ4n) is 5.97. The molecule has 0 aromatic heterocycles. The predicted octanol–water partition coefficient (Wildman–Crippen LogP) is 3.56. The Labute approximate surface area is 168 Å². The second kappa shape index (κ2) is 6.89. The number of carbonyl (C=O) groups is 1. The van der Waals surface area contributed by atoms with Crippen molar-refractivity contribution < 1.29 is 26.4 Å². The van der Waals surface area contributed by atoms with Gasteiger partial charge in [0.25, 0.3) is 0 Å². The van der Waals surface area contributed by atoms with E-state index >= 15 is 0 Å². The molecule has 9 heteroatoms. The molecule has 4 fully saturated rings. The zero-order valence-electron chi connectivity index (χ0n) is 16.2. The number of anilines is 1. The highest BCUT2D eigenvalue weighted by Crippen LogP contribution is 2.55. The molecule has 0 radical (unpaired) electrons. The molecular formula is C20H25F3N2O3S. The minimum Gasteiger partial charge on any atom is -0.349 e. The standard InChI is InChI=1S/C20H25F3N2O3S/c1-29(27,28)25(17-4-2-3-16(8-17)20(21,22)23)12-18(26)24-19-9-13-5-14(10-19)7-15(6-13)11-19/h2-4,8,13-15H,5-7,9-12H2,1H3,(H,24,26). The number of sulfonamides is 1. The lowest BCUT2D eigenvalue weighted by Gasteiger charge is -2.57. The van der Waals surface area contributed by atoms with Crippen LogP contribution in [0.2, 0.25) is 0 Å². The number of nitrogens with zero attached hydrogens (tertiary/aromatic N) is 1. The van der Waals surface area contributed by atoms with Crippen molar-refractivity contribution in [1.82, 2.24) is 5.32 Å². The van der Waals surface area contributed by atoms with Crippen molar-refractivity contribution in [2.24, 2.45) is 17.8 Å². The molecule has 29 heavy (non-hydrogen) atoms. The molecule has 4 bridgehead atoms. The van der Waals surface area contributed by atoms with Gasteiger partial charge in [0.1, 0.15) is 6.54 Å². The van der Waals surface area contributed by atoms with Crippen LogP contribution in [-0.2, 0) is 21.0 Å². The van der Waals surface area contributed by atoms with Gasteiger partial charge in [0.05, 0.1) is 17.5 Å². The zero-order chi connectivity index (χ0) is 21.0. The molecule has 4 saturated carbocycles. The average molecular weight is 430 g/mol. The van der Waals surface area contributed by atoms with Gasteiger partial charge in [0, 0.05) is 5.54 Å². The van der Waals surface area contributed by atoms with Crippen molar-refractivity contribution >= 4 is 21.6 Å². The molecule has 0 saturated heterocycles. The monoisotopic (exact) mass is 430 g/mol. The van der Waals surface area contributed by atoms with Gasteiger partial charge in [-0.25, -0.2) is 8.42 Å². The van der Waals surface area contributed by atoms with E-state index in [0.29, 0.717) is 17.8 Å². The minimum atomic E-state index is -4.60. The second-order valence-electron chi connectivity index (χ2n) is 9.06. The van der Waals surface area contributed by atoms with Gasteiger partial charge in [0.2, 0.25) is 15.9 Å². The number of nitrogens with one attached hydrogen (secondary N) is 1. The lowest BCUT2D eigenvalue weighted by atomic mass is 9.53. The Balaban J connectivity index is 1.53. The van der Waals surface area contributed by atoms with Crippen LogP contribution in [0.5, 0.6) is 0 Å². The van der Waals surface area contributed by atoms with Gasteiger partial charge in [-0.15, -0.1) is 0 Å². The summed E-state index contributed by atoms with van der Waals surface area (Å²) in [6.07, 6.45) is 2.64. The Hall–Kier alpha value is -1.77. The predicted molar refractivity (Wildman–Crippen MR) is 103 cm³/mol. The fraction of sp³-hybridized carbons (Fsp3) is 0.650. The Morgan fingerprint density at radius 1 is 1.14 bits per heavy atom. The van der Waals surface area contributed by atoms with Crippen LogP contribution in [0.3, 0.4) is 0 Å². The topological polar surface area (TPSA) is 66.5 Å². The van der Waals surface area contributed by atoms with E-state index < -0.39 is 34.2 Å². The maximum Gasteiger partial charge on any atom is 0.416 e. The first-order chi connectivity index (χ1) is 13.4. The van der Waals surface area contributed by atoms with Crippen LogP contribution < -0.4 is 9.62 Å². The molecule has 0 spiro atoms. The maximum absolute atomic E-state index is 13.0. The second-order valence-corrected chi connectivity index (χ2v) is 11.0. The van der Waals surface area contributed by atoms with Gasteiger partial charge in [-0.2, -0.15) is 13.2 Å². The molecule has 4 aliphatic carbocycles. The average Bonchev–Trinajstić information content (AvgIpc) is 2.56. The lowest BCUT2D eigenvalue weighted by molar-refractivity contribution is -0.137. The molecule has 0 aliphatic heterocycles. The number of benzene rings is 1. The van der Waals surface area contributed by atoms with Crippen molar-refractivity contribution in [3.8, 4) is 0 Å². The molecule has 1 amide bonds. The smallest absolute Gasteiger partial charge is 0.349 e. The van der Waals surface area contributed by atoms with Crippen LogP contribution in [0.25, 0.3) is 0 Å². The lowest BCUT2D eigenvalue weighted by Crippen LogP contribution is -2.61. The van der Waals surface area contributed by atoms with Crippen molar-refractivity contribution in [1.29, 1.82) is 0 Å². The SMILES string of the molecule is CS(=O)(=O)N(CC(=O)NC12CC3CC(CC(C3)C1)C2)c1cccc(C(F)(F)F)c1. The summed E-state index contributed by atoms with van der Waals surface area (Å²) < 4.78 is 64.4. The largest absolute Gasteiger partial charge is 0.416 e. The molecule has 5 rings (SSSR count). The van der Waals surface area contributed by atoms with E-state index in [0.717, 1.165) is 48.0 Å². The van der Waals surface area contributed by atoms with Crippen LogP contribution in [0.1, 0.15) is 44.1 Å². The molecule has 0 atom stereocenters. The summed E-state index contributed by atoms with van der Waals surface area (Å²) in [5, 5.41) is 3.07. The highest BCUT2D eigenvalue weighted by molar-refractivity contribution is 7.92. The van der Waals surface area contributed by atoms with Crippen molar-refractivity contribution in [3.05, 3.63) is 29.8 Å². The third kappa shape index (κ3) is 4.25. The summed E-state index contributed by atoms with van der Waals surface area (Å²) in [5.74, 6) is 1.36. The van der Waals surface area contributed by atoms with E-state index in [1.807, 2.05) is 0 Å². The summed E-state index contributed by atoms with van der Waals surface area (Å²) in [6.45, 7) is -0.526. The molecule has 1 N–H and O–H groups in total. The number of carbonyl (C=O) groups excluding carboxylic acids is 1. The third-order valence-electron chi connectivity index (χ3n) is 6.59. The van der Waals surface area contributed by atoms with Gasteiger partial charge in [-0.05, 0) is 74.5 Å². The van der Waals surface area contributed by atoms with Gasteiger partial charge in [-0.3, -0.25) is 9.10 Å². The van der Waals surface area contributed by atoms with E-state index in [-0.39, 0.29) is 11.2 Å². The summed E-state index contributed by atoms with van der Waals surface area (Å²) >= 11 is 0. The highest BCUT2D eigenvalue weighted by Gasteiger charge is 2.51. The van der Waals surface area contributed by atoms with E-state index in [1.165, 1.54) is 25.3 Å². The zero-order valence-corrected chi connectivity index (χ0v) is 17.0. The van der Waals surface area contributed by atoms with Crippen molar-refractivity contribution in [2.75, 3.05) is 17.1 Å². The summed E-state index contributed by atoms with van der Waals surface area (Å²) in [4.78, 5) is 12.8. The van der Waals surface area contributed by atoms with E-state index in [4.69, 9.17) is 0 Å². The molecule has 0 heterocycles. The highest BCUT2D eigenvalue weighted by atomic mass is 32.2. The number of hydrogen-bond acceptors (Lipinski definition) is 3. The quantitative estimate of drug-likeness (QED) is 0.777. The Morgan fingerprint density at radius 2 is 1.69 bits per heavy atom. The minimum absolute atomic E-state index is 0.164. The molecule has 4 aliphatic rings. The van der Waals surface area contributed by atoms with Crippen molar-refractivity contribution in [3.63, 3.8) is 0 Å². The number of rotatable bonds is 5. The normalized spacial score (nSPS) is 31.0. The van der Waals surface area contributed by atoms with Gasteiger partial charge < -0.3 is 5.32 Å². The first-order valence-corrected chi connectivity index (χ1v) is 11.7. The van der Waals surface area contributed by atoms with Gasteiger partial charge in [0.15, 0.2) is 0 Å². The van der Waals surface area contributed by atoms with Gasteiger partial charge in [-0.1, -0.05) is 6.07 Å². The summed E-state index contributed by atoms with van der Waals surface area (Å²) in [5.41, 5.74) is -1.41. The Morgan fingerprint density at radius 3 is 2.17 bits per heavy atom. The molecule has 5 nitrogen and oxygen atoms in total. The number of alkyl halides is 3. The number of halogens is 3. The molecule has 160 valence electrons. The van der Waals surface area contributed by atoms with Crippen LogP contribution >= 0.6 is 0 Å². The van der Waals surface area contributed by atoms with Crippen LogP contribution in [0, 0.1) is 17.8 Å². The first-order valence-electron chi connectivity index (χ1n) is 9.89. The molecule has 0 unspecified atom stereocenters. The van der Waals surface area contributed by atoms with E-state index in [1.54, 1.807) is 0 Å². The number of hydrogen-bond donors (Lipinski definition) is 1. The van der Waals surface area contributed by atoms with Crippen molar-refractivity contribution in [2.45, 2.75) is 50.2 Å². The fourth-order valence-corrected chi connectivity index (χ4v) is 6.82. The summed E-state index contributed by atoms with van der Waals surface area (Å²) in [6, 6.07) is 4.06.